The van der Waals surface area contributed by atoms with E-state index >= 15 is 0 Å². The van der Waals surface area contributed by atoms with Gasteiger partial charge < -0.3 is 42.0 Å². The minimum Gasteiger partial charge on any atom is -0.469 e. The fourth-order valence-corrected chi connectivity index (χ4v) is 6.88. The summed E-state index contributed by atoms with van der Waals surface area (Å²) < 4.78 is 44.2. The maximum Gasteiger partial charge on any atom is 0.416 e. The number of hydrogen-bond donors (Lipinski definition) is 6. The van der Waals surface area contributed by atoms with E-state index in [-0.39, 0.29) is 57.3 Å². The molecule has 314 valence electrons. The molecule has 7 N–H and O–H groups in total. The van der Waals surface area contributed by atoms with E-state index in [1.54, 1.807) is 0 Å². The molecule has 1 aliphatic carbocycles. The molecule has 1 saturated heterocycles. The van der Waals surface area contributed by atoms with Gasteiger partial charge in [-0.2, -0.15) is 13.2 Å². The molecule has 0 aromatic heterocycles. The number of carbonyl (C=O) groups is 7. The summed E-state index contributed by atoms with van der Waals surface area (Å²) in [7, 11) is 1.18. The first-order valence-corrected chi connectivity index (χ1v) is 19.3. The van der Waals surface area contributed by atoms with Crippen LogP contribution in [0.15, 0.2) is 54.6 Å². The number of anilines is 1. The van der Waals surface area contributed by atoms with Crippen LogP contribution in [0.1, 0.15) is 68.1 Å². The van der Waals surface area contributed by atoms with Gasteiger partial charge in [0.25, 0.3) is 0 Å². The molecule has 2 aromatic carbocycles. The van der Waals surface area contributed by atoms with Gasteiger partial charge in [-0.1, -0.05) is 30.3 Å². The lowest BCUT2D eigenvalue weighted by atomic mass is 9.96. The van der Waals surface area contributed by atoms with E-state index in [0.29, 0.717) is 19.3 Å². The van der Waals surface area contributed by atoms with Crippen LogP contribution in [0.25, 0.3) is 5.57 Å². The Balaban J connectivity index is 1.59. The molecule has 1 heterocycles. The summed E-state index contributed by atoms with van der Waals surface area (Å²) in [5.41, 5.74) is 6.88. The Bertz CT molecular complexity index is 1860. The topological polar surface area (TPSA) is 218 Å². The van der Waals surface area contributed by atoms with Crippen LogP contribution in [0, 0.1) is 0 Å². The van der Waals surface area contributed by atoms with Crippen LogP contribution in [0.2, 0.25) is 0 Å². The van der Waals surface area contributed by atoms with Gasteiger partial charge in [0, 0.05) is 31.6 Å². The molecule has 0 spiro atoms. The van der Waals surface area contributed by atoms with Crippen LogP contribution in [0.5, 0.6) is 0 Å². The molecule has 4 rings (SSSR count). The standard InChI is InChI=1S/C39H47ClF3N7O8/c1-58-33(52)18-17-29(47-32(51)22-40)37(56)50-20-5-4-10-31(50)36(55)49-30(21-24-12-11-23-7-2-3-8-27(23)24)35(54)48-28(9-6-19-45-38(44)57)34(53)46-26-15-13-25(14-16-26)39(41,42)43/h2-3,7-8,12-16,28-31H,4-6,9-11,17-22H2,1H3,(H,46,53)(H,47,51)(H,48,54)(H,49,55)(H3,44,45,57)/t28-,29-,30-,31-/m0/s1. The fraction of sp³-hybridized carbons (Fsp3) is 0.462. The summed E-state index contributed by atoms with van der Waals surface area (Å²) in [6.45, 7) is 0.180. The maximum absolute atomic E-state index is 14.2. The van der Waals surface area contributed by atoms with E-state index in [9.17, 15) is 46.7 Å². The van der Waals surface area contributed by atoms with Crippen molar-refractivity contribution in [3.63, 3.8) is 0 Å². The van der Waals surface area contributed by atoms with Crippen molar-refractivity contribution in [3.8, 4) is 0 Å². The zero-order chi connectivity index (χ0) is 42.4. The largest absolute Gasteiger partial charge is 0.469 e. The average molecular weight is 834 g/mol. The molecule has 0 saturated carbocycles. The lowest BCUT2D eigenvalue weighted by Gasteiger charge is -2.37. The second kappa shape index (κ2) is 21.2. The number of allylic oxidation sites excluding steroid dienone is 1. The third-order valence-corrected chi connectivity index (χ3v) is 10.0. The number of urea groups is 1. The maximum atomic E-state index is 14.2. The number of rotatable bonds is 18. The molecule has 58 heavy (non-hydrogen) atoms. The number of nitrogens with zero attached hydrogens (tertiary/aromatic N) is 1. The van der Waals surface area contributed by atoms with Gasteiger partial charge in [-0.15, -0.1) is 11.6 Å². The number of benzene rings is 2. The van der Waals surface area contributed by atoms with Gasteiger partial charge in [0.05, 0.1) is 12.7 Å². The molecular weight excluding hydrogens is 787 g/mol. The van der Waals surface area contributed by atoms with Crippen molar-refractivity contribution in [3.05, 3.63) is 71.3 Å². The van der Waals surface area contributed by atoms with Crippen molar-refractivity contribution in [2.45, 2.75) is 88.1 Å². The smallest absolute Gasteiger partial charge is 0.416 e. The van der Waals surface area contributed by atoms with Crippen molar-refractivity contribution < 1.29 is 51.5 Å². The number of halogens is 4. The van der Waals surface area contributed by atoms with Crippen LogP contribution in [0.4, 0.5) is 23.7 Å². The molecule has 0 radical (unpaired) electrons. The number of amides is 7. The van der Waals surface area contributed by atoms with Gasteiger partial charge in [0.1, 0.15) is 30.0 Å². The van der Waals surface area contributed by atoms with Gasteiger partial charge in [0.2, 0.25) is 29.5 Å². The first kappa shape index (κ1) is 45.1. The molecule has 0 bridgehead atoms. The normalized spacial score (nSPS) is 16.4. The van der Waals surface area contributed by atoms with E-state index in [2.05, 4.69) is 31.3 Å². The minimum atomic E-state index is -4.60. The van der Waals surface area contributed by atoms with Gasteiger partial charge in [-0.05, 0) is 85.9 Å². The number of likely N-dealkylation sites (tertiary alicyclic amines) is 1. The quantitative estimate of drug-likeness (QED) is 0.0743. The summed E-state index contributed by atoms with van der Waals surface area (Å²) in [6.07, 6.45) is -1.02. The van der Waals surface area contributed by atoms with Gasteiger partial charge >= 0.3 is 18.2 Å². The summed E-state index contributed by atoms with van der Waals surface area (Å²) in [5, 5.41) is 12.9. The predicted molar refractivity (Wildman–Crippen MR) is 207 cm³/mol. The highest BCUT2D eigenvalue weighted by Crippen LogP contribution is 2.32. The first-order valence-electron chi connectivity index (χ1n) is 18.7. The predicted octanol–water partition coefficient (Wildman–Crippen LogP) is 3.15. The number of methoxy groups -OCH3 is 1. The van der Waals surface area contributed by atoms with Crippen LogP contribution in [-0.2, 0) is 46.1 Å². The SMILES string of the molecule is COC(=O)CC[C@H](NC(=O)CCl)C(=O)N1CCCC[C@H]1C(=O)N[C@@H](CC1=CCc2ccccc21)C(=O)N[C@@H](CCCNC(N)=O)C(=O)Nc1ccc(C(F)(F)F)cc1. The van der Waals surface area contributed by atoms with Crippen molar-refractivity contribution in [1.82, 2.24) is 26.2 Å². The lowest BCUT2D eigenvalue weighted by molar-refractivity contribution is -0.146. The zero-order valence-corrected chi connectivity index (χ0v) is 32.5. The highest BCUT2D eigenvalue weighted by molar-refractivity contribution is 6.27. The zero-order valence-electron chi connectivity index (χ0n) is 31.8. The van der Waals surface area contributed by atoms with Crippen molar-refractivity contribution in [1.29, 1.82) is 0 Å². The third kappa shape index (κ3) is 12.9. The Morgan fingerprint density at radius 2 is 1.64 bits per heavy atom. The van der Waals surface area contributed by atoms with Crippen molar-refractivity contribution in [2.24, 2.45) is 5.73 Å². The monoisotopic (exact) mass is 833 g/mol. The van der Waals surface area contributed by atoms with Crippen molar-refractivity contribution in [2.75, 3.05) is 31.4 Å². The summed E-state index contributed by atoms with van der Waals surface area (Å²) in [6, 6.07) is 5.57. The van der Waals surface area contributed by atoms with E-state index in [1.807, 2.05) is 30.3 Å². The Hall–Kier alpha value is -5.65. The molecule has 1 aliphatic heterocycles. The fourth-order valence-electron chi connectivity index (χ4n) is 6.80. The number of nitrogens with one attached hydrogen (secondary N) is 5. The molecule has 15 nitrogen and oxygen atoms in total. The van der Waals surface area contributed by atoms with Crippen LogP contribution in [0.3, 0.4) is 0 Å². The lowest BCUT2D eigenvalue weighted by Crippen LogP contribution is -2.60. The molecule has 19 heteroatoms. The highest BCUT2D eigenvalue weighted by Gasteiger charge is 2.38. The number of primary amides is 1. The third-order valence-electron chi connectivity index (χ3n) is 9.78. The molecule has 2 aromatic rings. The number of hydrogen-bond acceptors (Lipinski definition) is 8. The summed E-state index contributed by atoms with van der Waals surface area (Å²) in [4.78, 5) is 92.7. The van der Waals surface area contributed by atoms with Gasteiger partial charge in [-0.25, -0.2) is 4.79 Å². The molecular formula is C39H47ClF3N7O8. The van der Waals surface area contributed by atoms with E-state index in [0.717, 1.165) is 41.0 Å². The minimum absolute atomic E-state index is 0.0146. The summed E-state index contributed by atoms with van der Waals surface area (Å²) in [5.74, 6) is -4.57. The van der Waals surface area contributed by atoms with Crippen LogP contribution in [-0.4, -0.2) is 96.7 Å². The number of fused-ring (bicyclic) bond motifs is 1. The summed E-state index contributed by atoms with van der Waals surface area (Å²) >= 11 is 5.69. The second-order valence-electron chi connectivity index (χ2n) is 13.8. The highest BCUT2D eigenvalue weighted by atomic mass is 35.5. The Kier molecular flexibility index (Phi) is 16.5. The van der Waals surface area contributed by atoms with Crippen LogP contribution < -0.4 is 32.3 Å². The molecule has 0 unspecified atom stereocenters. The molecule has 2 aliphatic rings. The van der Waals surface area contributed by atoms with E-state index < -0.39 is 83.3 Å². The number of esters is 1. The van der Waals surface area contributed by atoms with E-state index in [1.165, 1.54) is 12.0 Å². The van der Waals surface area contributed by atoms with E-state index in [4.69, 9.17) is 17.3 Å². The molecule has 4 atom stereocenters. The second-order valence-corrected chi connectivity index (χ2v) is 14.1. The van der Waals surface area contributed by atoms with Crippen molar-refractivity contribution >= 4 is 64.4 Å². The Morgan fingerprint density at radius 3 is 2.31 bits per heavy atom. The van der Waals surface area contributed by atoms with Gasteiger partial charge in [-0.3, -0.25) is 28.8 Å². The average Bonchev–Trinajstić information content (AvgIpc) is 3.61. The number of carbonyl (C=O) groups excluding carboxylic acids is 7. The number of ether oxygens (including phenoxy) is 1. The number of alkyl halides is 4. The molecule has 1 fully saturated rings. The number of piperidine rings is 1. The van der Waals surface area contributed by atoms with Crippen LogP contribution >= 0.6 is 11.6 Å². The van der Waals surface area contributed by atoms with Gasteiger partial charge in [0.15, 0.2) is 0 Å². The first-order chi connectivity index (χ1) is 27.6. The Labute approximate surface area is 338 Å². The Morgan fingerprint density at radius 1 is 0.914 bits per heavy atom. The number of nitrogens with two attached hydrogens (primary N) is 1. The molecule has 7 amide bonds.